The Morgan fingerprint density at radius 1 is 0.842 bits per heavy atom. The van der Waals surface area contributed by atoms with Crippen molar-refractivity contribution >= 4 is 22.4 Å². The lowest BCUT2D eigenvalue weighted by molar-refractivity contribution is 1.34. The van der Waals surface area contributed by atoms with E-state index in [1.54, 1.807) is 0 Å². The molecule has 0 saturated carbocycles. The van der Waals surface area contributed by atoms with Crippen molar-refractivity contribution in [2.45, 2.75) is 13.8 Å². The number of anilines is 2. The lowest BCUT2D eigenvalue weighted by Gasteiger charge is -2.08. The number of nitrogens with zero attached hydrogens (tertiary/aromatic N) is 1. The van der Waals surface area contributed by atoms with Crippen LogP contribution < -0.4 is 5.32 Å². The number of benzene rings is 2. The number of hydrogen-bond acceptors (Lipinski definition) is 2. The van der Waals surface area contributed by atoms with Gasteiger partial charge in [0.25, 0.3) is 0 Å². The molecule has 0 aliphatic carbocycles. The maximum absolute atomic E-state index is 4.68. The van der Waals surface area contributed by atoms with Gasteiger partial charge >= 0.3 is 0 Å². The van der Waals surface area contributed by atoms with Crippen LogP contribution in [-0.4, -0.2) is 4.98 Å². The van der Waals surface area contributed by atoms with Crippen LogP contribution >= 0.6 is 0 Å². The SMILES string of the molecule is Cc1ccc(Nc2ccc3cccc(C)c3n2)cc1. The second kappa shape index (κ2) is 4.73. The molecule has 0 bridgehead atoms. The predicted octanol–water partition coefficient (Wildman–Crippen LogP) is 4.60. The molecule has 1 N–H and O–H groups in total. The summed E-state index contributed by atoms with van der Waals surface area (Å²) in [6.07, 6.45) is 0. The zero-order chi connectivity index (χ0) is 13.2. The van der Waals surface area contributed by atoms with Crippen LogP contribution in [0.25, 0.3) is 10.9 Å². The summed E-state index contributed by atoms with van der Waals surface area (Å²) in [5.41, 5.74) is 4.57. The van der Waals surface area contributed by atoms with Crippen molar-refractivity contribution in [3.05, 3.63) is 65.7 Å². The highest BCUT2D eigenvalue weighted by Crippen LogP contribution is 2.21. The minimum atomic E-state index is 0.880. The summed E-state index contributed by atoms with van der Waals surface area (Å²) < 4.78 is 0. The molecule has 0 aliphatic rings. The lowest BCUT2D eigenvalue weighted by Crippen LogP contribution is -1.94. The van der Waals surface area contributed by atoms with E-state index in [1.165, 1.54) is 16.5 Å². The molecule has 19 heavy (non-hydrogen) atoms. The Hall–Kier alpha value is -2.35. The molecule has 3 rings (SSSR count). The molecule has 94 valence electrons. The van der Waals surface area contributed by atoms with E-state index >= 15 is 0 Å². The van der Waals surface area contributed by atoms with Crippen LogP contribution in [-0.2, 0) is 0 Å². The number of pyridine rings is 1. The highest BCUT2D eigenvalue weighted by Gasteiger charge is 2.01. The maximum Gasteiger partial charge on any atom is 0.131 e. The van der Waals surface area contributed by atoms with Gasteiger partial charge in [-0.2, -0.15) is 0 Å². The quantitative estimate of drug-likeness (QED) is 0.717. The first-order chi connectivity index (χ1) is 9.22. The Bertz CT molecular complexity index is 715. The predicted molar refractivity (Wildman–Crippen MR) is 80.9 cm³/mol. The van der Waals surface area contributed by atoms with Crippen LogP contribution in [0, 0.1) is 13.8 Å². The van der Waals surface area contributed by atoms with E-state index in [2.05, 4.69) is 72.7 Å². The summed E-state index contributed by atoms with van der Waals surface area (Å²) >= 11 is 0. The summed E-state index contributed by atoms with van der Waals surface area (Å²) in [5.74, 6) is 0.880. The fraction of sp³-hybridized carbons (Fsp3) is 0.118. The normalized spacial score (nSPS) is 10.6. The van der Waals surface area contributed by atoms with Crippen molar-refractivity contribution in [2.75, 3.05) is 5.32 Å². The monoisotopic (exact) mass is 248 g/mol. The molecule has 0 saturated heterocycles. The van der Waals surface area contributed by atoms with E-state index in [0.717, 1.165) is 17.0 Å². The van der Waals surface area contributed by atoms with Gasteiger partial charge in [-0.1, -0.05) is 35.9 Å². The van der Waals surface area contributed by atoms with E-state index in [0.29, 0.717) is 0 Å². The van der Waals surface area contributed by atoms with Gasteiger partial charge in [0.2, 0.25) is 0 Å². The van der Waals surface area contributed by atoms with E-state index in [9.17, 15) is 0 Å². The van der Waals surface area contributed by atoms with E-state index in [4.69, 9.17) is 0 Å². The average molecular weight is 248 g/mol. The van der Waals surface area contributed by atoms with E-state index in [-0.39, 0.29) is 0 Å². The van der Waals surface area contributed by atoms with Crippen molar-refractivity contribution in [3.8, 4) is 0 Å². The Kier molecular flexibility index (Phi) is 2.92. The Morgan fingerprint density at radius 2 is 1.63 bits per heavy atom. The highest BCUT2D eigenvalue weighted by molar-refractivity contribution is 5.83. The first-order valence-corrected chi connectivity index (χ1v) is 6.42. The zero-order valence-corrected chi connectivity index (χ0v) is 11.1. The van der Waals surface area contributed by atoms with Crippen molar-refractivity contribution in [1.29, 1.82) is 0 Å². The molecule has 0 fully saturated rings. The second-order valence-electron chi connectivity index (χ2n) is 4.83. The molecule has 0 unspecified atom stereocenters. The van der Waals surface area contributed by atoms with Crippen LogP contribution in [0.1, 0.15) is 11.1 Å². The lowest BCUT2D eigenvalue weighted by atomic mass is 10.1. The maximum atomic E-state index is 4.68. The molecule has 0 atom stereocenters. The Labute approximate surface area is 113 Å². The van der Waals surface area contributed by atoms with Crippen molar-refractivity contribution < 1.29 is 0 Å². The van der Waals surface area contributed by atoms with Crippen molar-refractivity contribution in [2.24, 2.45) is 0 Å². The number of rotatable bonds is 2. The molecule has 0 amide bonds. The molecule has 2 heteroatoms. The van der Waals surface area contributed by atoms with Crippen LogP contribution in [0.4, 0.5) is 11.5 Å². The molecule has 0 radical (unpaired) electrons. The third-order valence-corrected chi connectivity index (χ3v) is 3.25. The van der Waals surface area contributed by atoms with Crippen LogP contribution in [0.3, 0.4) is 0 Å². The first-order valence-electron chi connectivity index (χ1n) is 6.42. The number of para-hydroxylation sites is 1. The second-order valence-corrected chi connectivity index (χ2v) is 4.83. The molecule has 2 nitrogen and oxygen atoms in total. The molecule has 1 aromatic heterocycles. The van der Waals surface area contributed by atoms with Gasteiger partial charge in [-0.05, 0) is 43.7 Å². The number of fused-ring (bicyclic) bond motifs is 1. The average Bonchev–Trinajstić information content (AvgIpc) is 2.42. The topological polar surface area (TPSA) is 24.9 Å². The standard InChI is InChI=1S/C17H16N2/c1-12-6-9-15(10-7-12)18-16-11-8-14-5-3-4-13(2)17(14)19-16/h3-11H,1-2H3,(H,18,19). The molecular formula is C17H16N2. The van der Waals surface area contributed by atoms with Gasteiger partial charge in [0.1, 0.15) is 5.82 Å². The molecule has 2 aromatic carbocycles. The number of hydrogen-bond donors (Lipinski definition) is 1. The van der Waals surface area contributed by atoms with Gasteiger partial charge in [0.15, 0.2) is 0 Å². The fourth-order valence-corrected chi connectivity index (χ4v) is 2.15. The van der Waals surface area contributed by atoms with E-state index < -0.39 is 0 Å². The Balaban J connectivity index is 1.97. The van der Waals surface area contributed by atoms with Crippen LogP contribution in [0.2, 0.25) is 0 Å². The summed E-state index contributed by atoms with van der Waals surface area (Å²) in [6, 6.07) is 18.7. The van der Waals surface area contributed by atoms with Crippen LogP contribution in [0.15, 0.2) is 54.6 Å². The fourth-order valence-electron chi connectivity index (χ4n) is 2.15. The summed E-state index contributed by atoms with van der Waals surface area (Å²) in [7, 11) is 0. The molecule has 0 aliphatic heterocycles. The third-order valence-electron chi connectivity index (χ3n) is 3.25. The molecular weight excluding hydrogens is 232 g/mol. The van der Waals surface area contributed by atoms with Gasteiger partial charge in [-0.25, -0.2) is 4.98 Å². The van der Waals surface area contributed by atoms with Gasteiger partial charge in [0, 0.05) is 11.1 Å². The van der Waals surface area contributed by atoms with Gasteiger partial charge in [-0.15, -0.1) is 0 Å². The largest absolute Gasteiger partial charge is 0.340 e. The van der Waals surface area contributed by atoms with Gasteiger partial charge in [0.05, 0.1) is 5.52 Å². The minimum Gasteiger partial charge on any atom is -0.340 e. The first kappa shape index (κ1) is 11.7. The summed E-state index contributed by atoms with van der Waals surface area (Å²) in [6.45, 7) is 4.17. The molecule has 1 heterocycles. The van der Waals surface area contributed by atoms with Crippen molar-refractivity contribution in [1.82, 2.24) is 4.98 Å². The van der Waals surface area contributed by atoms with Gasteiger partial charge in [-0.3, -0.25) is 0 Å². The molecule has 0 spiro atoms. The Morgan fingerprint density at radius 3 is 2.42 bits per heavy atom. The number of nitrogens with one attached hydrogen (secondary N) is 1. The zero-order valence-electron chi connectivity index (χ0n) is 11.1. The van der Waals surface area contributed by atoms with E-state index in [1.807, 2.05) is 6.07 Å². The minimum absolute atomic E-state index is 0.880. The van der Waals surface area contributed by atoms with Gasteiger partial charge < -0.3 is 5.32 Å². The number of aromatic nitrogens is 1. The highest BCUT2D eigenvalue weighted by atomic mass is 15.0. The summed E-state index contributed by atoms with van der Waals surface area (Å²) in [4.78, 5) is 4.68. The number of aryl methyl sites for hydroxylation is 2. The third kappa shape index (κ3) is 2.43. The molecule has 3 aromatic rings. The van der Waals surface area contributed by atoms with Crippen molar-refractivity contribution in [3.63, 3.8) is 0 Å². The smallest absolute Gasteiger partial charge is 0.131 e. The van der Waals surface area contributed by atoms with Crippen LogP contribution in [0.5, 0.6) is 0 Å². The summed E-state index contributed by atoms with van der Waals surface area (Å²) in [5, 5.41) is 4.51.